The highest BCUT2D eigenvalue weighted by molar-refractivity contribution is 5.60. The molecule has 0 aliphatic rings. The molecule has 92 valence electrons. The zero-order valence-corrected chi connectivity index (χ0v) is 10.1. The van der Waals surface area contributed by atoms with E-state index in [2.05, 4.69) is 6.07 Å². The van der Waals surface area contributed by atoms with Crippen LogP contribution in [0.25, 0.3) is 0 Å². The lowest BCUT2D eigenvalue weighted by molar-refractivity contribution is -0.385. The molecule has 6 heteroatoms. The maximum absolute atomic E-state index is 10.8. The summed E-state index contributed by atoms with van der Waals surface area (Å²) < 4.78 is 0. The third-order valence-electron chi connectivity index (χ3n) is 2.75. The van der Waals surface area contributed by atoms with Crippen LogP contribution < -0.4 is 4.90 Å². The van der Waals surface area contributed by atoms with Gasteiger partial charge in [0.25, 0.3) is 5.69 Å². The molecule has 0 spiro atoms. The molecule has 0 saturated carbocycles. The fraction of sp³-hybridized carbons (Fsp3) is 0.333. The van der Waals surface area contributed by atoms with Crippen molar-refractivity contribution in [2.24, 2.45) is 0 Å². The molecule has 0 aromatic heterocycles. The number of hydrogen-bond donors (Lipinski definition) is 0. The zero-order chi connectivity index (χ0) is 13.7. The lowest BCUT2D eigenvalue weighted by Gasteiger charge is -2.24. The highest BCUT2D eigenvalue weighted by Gasteiger charge is 2.17. The quantitative estimate of drug-likeness (QED) is 0.597. The van der Waals surface area contributed by atoms with Crippen molar-refractivity contribution in [2.75, 3.05) is 11.9 Å². The van der Waals surface area contributed by atoms with Crippen LogP contribution in [0.2, 0.25) is 0 Å². The smallest absolute Gasteiger partial charge is 0.289 e. The summed E-state index contributed by atoms with van der Waals surface area (Å²) in [5.41, 5.74) is 0.430. The molecule has 6 nitrogen and oxygen atoms in total. The van der Waals surface area contributed by atoms with E-state index in [9.17, 15) is 10.1 Å². The zero-order valence-electron chi connectivity index (χ0n) is 10.1. The van der Waals surface area contributed by atoms with Crippen molar-refractivity contribution < 1.29 is 4.92 Å². The van der Waals surface area contributed by atoms with Crippen LogP contribution >= 0.6 is 0 Å². The summed E-state index contributed by atoms with van der Waals surface area (Å²) >= 11 is 0. The van der Waals surface area contributed by atoms with Crippen molar-refractivity contribution in [3.05, 3.63) is 33.9 Å². The van der Waals surface area contributed by atoms with E-state index in [4.69, 9.17) is 10.5 Å². The van der Waals surface area contributed by atoms with Crippen LogP contribution in [-0.2, 0) is 0 Å². The van der Waals surface area contributed by atoms with Gasteiger partial charge in [0.1, 0.15) is 11.6 Å². The minimum atomic E-state index is -0.579. The Morgan fingerprint density at radius 1 is 1.50 bits per heavy atom. The van der Waals surface area contributed by atoms with Gasteiger partial charge in [0.2, 0.25) is 0 Å². The maximum atomic E-state index is 10.8. The van der Waals surface area contributed by atoms with Gasteiger partial charge in [0.15, 0.2) is 0 Å². The minimum Gasteiger partial charge on any atom is -0.371 e. The Morgan fingerprint density at radius 3 is 2.67 bits per heavy atom. The number of nitro benzene ring substituents is 1. The summed E-state index contributed by atoms with van der Waals surface area (Å²) in [4.78, 5) is 12.0. The fourth-order valence-corrected chi connectivity index (χ4v) is 1.51. The molecule has 1 aromatic rings. The summed E-state index contributed by atoms with van der Waals surface area (Å²) in [7, 11) is 1.76. The Balaban J connectivity index is 3.13. The first kappa shape index (κ1) is 13.5. The number of nitriles is 2. The molecule has 0 fully saturated rings. The molecule has 0 bridgehead atoms. The van der Waals surface area contributed by atoms with Gasteiger partial charge < -0.3 is 4.90 Å². The van der Waals surface area contributed by atoms with Crippen LogP contribution in [-0.4, -0.2) is 18.0 Å². The van der Waals surface area contributed by atoms with E-state index in [0.717, 1.165) is 0 Å². The fourth-order valence-electron chi connectivity index (χ4n) is 1.51. The summed E-state index contributed by atoms with van der Waals surface area (Å²) in [6.07, 6.45) is 0.324. The number of nitrogens with zero attached hydrogens (tertiary/aromatic N) is 4. The first-order chi connectivity index (χ1) is 8.51. The standard InChI is InChI=1S/C12H12N4O2/c1-9(5-6-13)15(2)11-4-3-10(8-14)12(7-11)16(17)18/h3-4,7,9H,5H2,1-2H3. The number of rotatable bonds is 4. The predicted molar refractivity (Wildman–Crippen MR) is 65.9 cm³/mol. The van der Waals surface area contributed by atoms with E-state index in [-0.39, 0.29) is 17.3 Å². The van der Waals surface area contributed by atoms with Gasteiger partial charge in [-0.3, -0.25) is 10.1 Å². The Labute approximate surface area is 105 Å². The van der Waals surface area contributed by atoms with Crippen LogP contribution in [0.3, 0.4) is 0 Å². The Morgan fingerprint density at radius 2 is 2.17 bits per heavy atom. The van der Waals surface area contributed by atoms with Crippen LogP contribution in [0.5, 0.6) is 0 Å². The van der Waals surface area contributed by atoms with E-state index in [1.165, 1.54) is 12.1 Å². The van der Waals surface area contributed by atoms with E-state index in [1.807, 2.05) is 6.92 Å². The number of nitro groups is 1. The van der Waals surface area contributed by atoms with Crippen molar-refractivity contribution >= 4 is 11.4 Å². The van der Waals surface area contributed by atoms with Crippen molar-refractivity contribution in [1.29, 1.82) is 10.5 Å². The molecule has 0 heterocycles. The van der Waals surface area contributed by atoms with Gasteiger partial charge in [0.05, 0.1) is 17.4 Å². The SMILES string of the molecule is CC(CC#N)N(C)c1ccc(C#N)c([N+](=O)[O-])c1. The van der Waals surface area contributed by atoms with E-state index >= 15 is 0 Å². The molecular weight excluding hydrogens is 232 g/mol. The first-order valence-electron chi connectivity index (χ1n) is 5.29. The summed E-state index contributed by atoms with van der Waals surface area (Å²) in [5.74, 6) is 0. The van der Waals surface area contributed by atoms with Gasteiger partial charge >= 0.3 is 0 Å². The first-order valence-corrected chi connectivity index (χ1v) is 5.29. The average Bonchev–Trinajstić information content (AvgIpc) is 2.37. The Kier molecular flexibility index (Phi) is 4.22. The van der Waals surface area contributed by atoms with Crippen LogP contribution in [0, 0.1) is 32.8 Å². The summed E-state index contributed by atoms with van der Waals surface area (Å²) in [5, 5.41) is 28.2. The molecular formula is C12H12N4O2. The summed E-state index contributed by atoms with van der Waals surface area (Å²) in [6.45, 7) is 1.85. The van der Waals surface area contributed by atoms with Crippen molar-refractivity contribution in [1.82, 2.24) is 0 Å². The highest BCUT2D eigenvalue weighted by atomic mass is 16.6. The molecule has 0 aliphatic heterocycles. The molecule has 0 N–H and O–H groups in total. The van der Waals surface area contributed by atoms with Crippen molar-refractivity contribution in [3.63, 3.8) is 0 Å². The van der Waals surface area contributed by atoms with Crippen LogP contribution in [0.4, 0.5) is 11.4 Å². The maximum Gasteiger partial charge on any atom is 0.289 e. The van der Waals surface area contributed by atoms with Crippen LogP contribution in [0.15, 0.2) is 18.2 Å². The minimum absolute atomic E-state index is 0.0325. The lowest BCUT2D eigenvalue weighted by atomic mass is 10.1. The normalized spacial score (nSPS) is 11.1. The van der Waals surface area contributed by atoms with Gasteiger partial charge in [-0.05, 0) is 19.1 Å². The molecule has 1 rings (SSSR count). The van der Waals surface area contributed by atoms with Crippen LogP contribution in [0.1, 0.15) is 18.9 Å². The Bertz CT molecular complexity index is 542. The second-order valence-corrected chi connectivity index (χ2v) is 3.89. The van der Waals surface area contributed by atoms with Crippen molar-refractivity contribution in [2.45, 2.75) is 19.4 Å². The molecule has 0 amide bonds. The van der Waals surface area contributed by atoms with Gasteiger partial charge in [-0.15, -0.1) is 0 Å². The third-order valence-corrected chi connectivity index (χ3v) is 2.75. The lowest BCUT2D eigenvalue weighted by Crippen LogP contribution is -2.28. The summed E-state index contributed by atoms with van der Waals surface area (Å²) in [6, 6.07) is 8.19. The largest absolute Gasteiger partial charge is 0.371 e. The average molecular weight is 244 g/mol. The van der Waals surface area contributed by atoms with Gasteiger partial charge in [-0.2, -0.15) is 10.5 Å². The molecule has 0 saturated heterocycles. The van der Waals surface area contributed by atoms with E-state index in [0.29, 0.717) is 12.1 Å². The molecule has 1 unspecified atom stereocenters. The number of hydrogen-bond acceptors (Lipinski definition) is 5. The highest BCUT2D eigenvalue weighted by Crippen LogP contribution is 2.25. The molecule has 1 atom stereocenters. The van der Waals surface area contributed by atoms with Gasteiger partial charge in [-0.25, -0.2) is 0 Å². The van der Waals surface area contributed by atoms with E-state index < -0.39 is 4.92 Å². The Hall–Kier alpha value is -2.60. The molecule has 0 aliphatic carbocycles. The molecule has 18 heavy (non-hydrogen) atoms. The van der Waals surface area contributed by atoms with Gasteiger partial charge in [-0.1, -0.05) is 0 Å². The monoisotopic (exact) mass is 244 g/mol. The topological polar surface area (TPSA) is 94.0 Å². The molecule has 1 aromatic carbocycles. The van der Waals surface area contributed by atoms with Crippen molar-refractivity contribution in [3.8, 4) is 12.1 Å². The number of benzene rings is 1. The van der Waals surface area contributed by atoms with Gasteiger partial charge in [0, 0.05) is 24.8 Å². The second kappa shape index (κ2) is 5.65. The van der Waals surface area contributed by atoms with E-state index in [1.54, 1.807) is 24.1 Å². The third kappa shape index (κ3) is 2.74. The molecule has 0 radical (unpaired) electrons. The second-order valence-electron chi connectivity index (χ2n) is 3.89. The predicted octanol–water partition coefficient (Wildman–Crippen LogP) is 2.20. The number of anilines is 1.